The van der Waals surface area contributed by atoms with Gasteiger partial charge in [-0.2, -0.15) is 0 Å². The van der Waals surface area contributed by atoms with Gasteiger partial charge in [-0.25, -0.2) is 0 Å². The Hall–Kier alpha value is -0.820. The summed E-state index contributed by atoms with van der Waals surface area (Å²) in [6.45, 7) is 8.87. The van der Waals surface area contributed by atoms with E-state index >= 15 is 0 Å². The minimum Gasteiger partial charge on any atom is -0.309 e. The Labute approximate surface area is 80.2 Å². The summed E-state index contributed by atoms with van der Waals surface area (Å²) in [5.41, 5.74) is 4.66. The van der Waals surface area contributed by atoms with Crippen LogP contribution in [-0.4, -0.2) is 0 Å². The highest BCUT2D eigenvalue weighted by Gasteiger charge is 2.17. The molecule has 1 heterocycles. The first-order valence-corrected chi connectivity index (χ1v) is 4.90. The fourth-order valence-electron chi connectivity index (χ4n) is 1.76. The van der Waals surface area contributed by atoms with Crippen molar-refractivity contribution in [2.24, 2.45) is 0 Å². The van der Waals surface area contributed by atoms with Gasteiger partial charge >= 0.3 is 0 Å². The van der Waals surface area contributed by atoms with E-state index in [2.05, 4.69) is 44.3 Å². The van der Waals surface area contributed by atoms with Gasteiger partial charge in [0.15, 0.2) is 0 Å². The Balaban J connectivity index is 2.42. The normalized spacial score (nSPS) is 15.9. The maximum atomic E-state index is 3.37. The number of fused-ring (bicyclic) bond motifs is 1. The molecule has 0 aromatic heterocycles. The lowest BCUT2D eigenvalue weighted by Crippen LogP contribution is -2.11. The number of hydrogen-bond acceptors (Lipinski definition) is 1. The maximum absolute atomic E-state index is 3.37. The van der Waals surface area contributed by atoms with Gasteiger partial charge in [0.1, 0.15) is 0 Å². The molecule has 1 N–H and O–H groups in total. The summed E-state index contributed by atoms with van der Waals surface area (Å²) < 4.78 is 0. The van der Waals surface area contributed by atoms with Gasteiger partial charge in [0.25, 0.3) is 0 Å². The van der Waals surface area contributed by atoms with Gasteiger partial charge in [-0.1, -0.05) is 39.0 Å². The first-order valence-electron chi connectivity index (χ1n) is 4.90. The molecular weight excluding hydrogens is 158 g/mol. The molecule has 70 valence electrons. The lowest BCUT2D eigenvalue weighted by atomic mass is 9.85. The molecule has 1 heteroatoms. The number of hydrogen-bond donors (Lipinski definition) is 1. The number of nitrogens with one attached hydrogen (secondary N) is 1. The summed E-state index contributed by atoms with van der Waals surface area (Å²) in [6.07, 6.45) is 0. The number of benzene rings is 1. The van der Waals surface area contributed by atoms with E-state index in [0.717, 1.165) is 13.1 Å². The second-order valence-electron chi connectivity index (χ2n) is 4.84. The summed E-state index contributed by atoms with van der Waals surface area (Å²) in [5.74, 6) is 0. The monoisotopic (exact) mass is 175 g/mol. The van der Waals surface area contributed by atoms with Gasteiger partial charge in [-0.15, -0.1) is 0 Å². The first kappa shape index (κ1) is 8.76. The average molecular weight is 175 g/mol. The average Bonchev–Trinajstić information content (AvgIpc) is 2.47. The van der Waals surface area contributed by atoms with E-state index in [4.69, 9.17) is 0 Å². The van der Waals surface area contributed by atoms with Gasteiger partial charge in [0.05, 0.1) is 0 Å². The van der Waals surface area contributed by atoms with E-state index in [-0.39, 0.29) is 5.41 Å². The van der Waals surface area contributed by atoms with Crippen LogP contribution < -0.4 is 5.32 Å². The fraction of sp³-hybridized carbons (Fsp3) is 0.500. The summed E-state index contributed by atoms with van der Waals surface area (Å²) in [5, 5.41) is 3.37. The zero-order chi connectivity index (χ0) is 9.47. The number of rotatable bonds is 0. The lowest BCUT2D eigenvalue weighted by Gasteiger charge is -2.19. The Morgan fingerprint density at radius 3 is 2.46 bits per heavy atom. The molecule has 1 aromatic rings. The zero-order valence-electron chi connectivity index (χ0n) is 8.65. The molecule has 0 saturated carbocycles. The topological polar surface area (TPSA) is 12.0 Å². The zero-order valence-corrected chi connectivity index (χ0v) is 8.65. The van der Waals surface area contributed by atoms with Crippen molar-refractivity contribution in [1.29, 1.82) is 0 Å². The molecule has 0 atom stereocenters. The van der Waals surface area contributed by atoms with Crippen molar-refractivity contribution in [3.8, 4) is 0 Å². The Morgan fingerprint density at radius 2 is 1.77 bits per heavy atom. The lowest BCUT2D eigenvalue weighted by molar-refractivity contribution is 0.589. The molecule has 0 amide bonds. The van der Waals surface area contributed by atoms with E-state index in [0.29, 0.717) is 0 Å². The van der Waals surface area contributed by atoms with E-state index in [1.54, 1.807) is 0 Å². The van der Waals surface area contributed by atoms with Crippen LogP contribution in [0.25, 0.3) is 0 Å². The maximum Gasteiger partial charge on any atom is 0.0212 e. The van der Waals surface area contributed by atoms with Crippen molar-refractivity contribution in [3.05, 3.63) is 34.9 Å². The van der Waals surface area contributed by atoms with Crippen LogP contribution in [0.1, 0.15) is 37.5 Å². The van der Waals surface area contributed by atoms with Crippen molar-refractivity contribution in [3.63, 3.8) is 0 Å². The minimum absolute atomic E-state index is 0.275. The van der Waals surface area contributed by atoms with Crippen molar-refractivity contribution < 1.29 is 0 Å². The second kappa shape index (κ2) is 2.85. The van der Waals surface area contributed by atoms with Crippen molar-refractivity contribution in [1.82, 2.24) is 5.32 Å². The van der Waals surface area contributed by atoms with Gasteiger partial charge in [-0.3, -0.25) is 0 Å². The second-order valence-corrected chi connectivity index (χ2v) is 4.84. The third-order valence-corrected chi connectivity index (χ3v) is 2.70. The van der Waals surface area contributed by atoms with E-state index in [9.17, 15) is 0 Å². The molecule has 0 bridgehead atoms. The molecule has 1 aliphatic heterocycles. The van der Waals surface area contributed by atoms with Crippen LogP contribution in [0.3, 0.4) is 0 Å². The minimum atomic E-state index is 0.275. The third-order valence-electron chi connectivity index (χ3n) is 2.70. The van der Waals surface area contributed by atoms with Crippen LogP contribution in [0.5, 0.6) is 0 Å². The van der Waals surface area contributed by atoms with Crippen LogP contribution in [0.2, 0.25) is 0 Å². The predicted molar refractivity (Wildman–Crippen MR) is 55.7 cm³/mol. The van der Waals surface area contributed by atoms with E-state index < -0.39 is 0 Å². The SMILES string of the molecule is CC(C)(C)c1ccc2c(c1)CNC2. The van der Waals surface area contributed by atoms with Crippen molar-refractivity contribution in [2.75, 3.05) is 0 Å². The molecule has 0 aliphatic carbocycles. The summed E-state index contributed by atoms with van der Waals surface area (Å²) in [4.78, 5) is 0. The summed E-state index contributed by atoms with van der Waals surface area (Å²) in [7, 11) is 0. The molecule has 0 fully saturated rings. The molecule has 0 spiro atoms. The van der Waals surface area contributed by atoms with Crippen LogP contribution in [0, 0.1) is 0 Å². The molecular formula is C12H17N. The summed E-state index contributed by atoms with van der Waals surface area (Å²) >= 11 is 0. The van der Waals surface area contributed by atoms with Crippen molar-refractivity contribution >= 4 is 0 Å². The first-order chi connectivity index (χ1) is 6.07. The van der Waals surface area contributed by atoms with Gasteiger partial charge in [0, 0.05) is 13.1 Å². The summed E-state index contributed by atoms with van der Waals surface area (Å²) in [6, 6.07) is 6.86. The molecule has 0 saturated heterocycles. The largest absolute Gasteiger partial charge is 0.309 e. The van der Waals surface area contributed by atoms with Crippen molar-refractivity contribution in [2.45, 2.75) is 39.3 Å². The van der Waals surface area contributed by atoms with Gasteiger partial charge in [0.2, 0.25) is 0 Å². The molecule has 13 heavy (non-hydrogen) atoms. The van der Waals surface area contributed by atoms with Crippen LogP contribution >= 0.6 is 0 Å². The van der Waals surface area contributed by atoms with Gasteiger partial charge < -0.3 is 5.32 Å². The molecule has 1 nitrogen and oxygen atoms in total. The highest BCUT2D eigenvalue weighted by atomic mass is 14.9. The molecule has 2 rings (SSSR count). The highest BCUT2D eigenvalue weighted by molar-refractivity contribution is 5.37. The third kappa shape index (κ3) is 1.61. The van der Waals surface area contributed by atoms with Gasteiger partial charge in [-0.05, 0) is 22.1 Å². The Kier molecular flexibility index (Phi) is 1.92. The molecule has 1 aliphatic rings. The standard InChI is InChI=1S/C12H17N/c1-12(2,3)11-5-4-9-7-13-8-10(9)6-11/h4-6,13H,7-8H2,1-3H3. The van der Waals surface area contributed by atoms with E-state index in [1.807, 2.05) is 0 Å². The van der Waals surface area contributed by atoms with E-state index in [1.165, 1.54) is 16.7 Å². The molecule has 1 aromatic carbocycles. The quantitative estimate of drug-likeness (QED) is 0.639. The van der Waals surface area contributed by atoms with Crippen LogP contribution in [-0.2, 0) is 18.5 Å². The highest BCUT2D eigenvalue weighted by Crippen LogP contribution is 2.26. The Bertz CT molecular complexity index is 320. The van der Waals surface area contributed by atoms with Crippen LogP contribution in [0.4, 0.5) is 0 Å². The Morgan fingerprint density at radius 1 is 1.08 bits per heavy atom. The molecule has 0 radical (unpaired) electrons. The predicted octanol–water partition coefficient (Wildman–Crippen LogP) is 2.59. The molecule has 0 unspecified atom stereocenters. The fourth-order valence-corrected chi connectivity index (χ4v) is 1.76. The smallest absolute Gasteiger partial charge is 0.0212 e. The van der Waals surface area contributed by atoms with Crippen LogP contribution in [0.15, 0.2) is 18.2 Å².